The number of dihydropyridines is 2. The number of phenols is 2. The molecule has 13 nitrogen and oxygen atoms in total. The third-order valence-electron chi connectivity index (χ3n) is 12.0. The fourth-order valence-corrected chi connectivity index (χ4v) is 8.84. The van der Waals surface area contributed by atoms with Crippen LogP contribution in [-0.2, 0) is 22.6 Å². The molecular weight excluding hydrogens is 729 g/mol. The van der Waals surface area contributed by atoms with Crippen molar-refractivity contribution < 1.29 is 39.1 Å². The zero-order valence-corrected chi connectivity index (χ0v) is 32.7. The lowest BCUT2D eigenvalue weighted by molar-refractivity contribution is -0.165. The summed E-state index contributed by atoms with van der Waals surface area (Å²) >= 11 is 0. The Labute approximate surface area is 331 Å². The first kappa shape index (κ1) is 39.7. The van der Waals surface area contributed by atoms with Gasteiger partial charge in [0.05, 0.1) is 18.6 Å². The molecule has 13 heteroatoms. The van der Waals surface area contributed by atoms with E-state index in [1.165, 1.54) is 0 Å². The van der Waals surface area contributed by atoms with Gasteiger partial charge in [-0.15, -0.1) is 0 Å². The first-order valence-corrected chi connectivity index (χ1v) is 19.6. The van der Waals surface area contributed by atoms with Crippen molar-refractivity contribution in [1.29, 1.82) is 0 Å². The molecule has 2 bridgehead atoms. The van der Waals surface area contributed by atoms with E-state index in [1.54, 1.807) is 44.2 Å². The van der Waals surface area contributed by atoms with Crippen molar-refractivity contribution >= 4 is 16.9 Å². The van der Waals surface area contributed by atoms with Crippen LogP contribution in [0.2, 0.25) is 0 Å². The van der Waals surface area contributed by atoms with E-state index in [-0.39, 0.29) is 58.0 Å². The summed E-state index contributed by atoms with van der Waals surface area (Å²) in [5.74, 6) is -2.17. The fourth-order valence-electron chi connectivity index (χ4n) is 8.84. The van der Waals surface area contributed by atoms with Gasteiger partial charge in [0.2, 0.25) is 0 Å². The summed E-state index contributed by atoms with van der Waals surface area (Å²) < 4.78 is 20.0. The second-order valence-corrected chi connectivity index (χ2v) is 15.4. The molecule has 0 fully saturated rings. The molecule has 1 unspecified atom stereocenters. The normalized spacial score (nSPS) is 25.0. The molecule has 9 N–H and O–H groups in total. The van der Waals surface area contributed by atoms with Crippen molar-refractivity contribution in [2.75, 3.05) is 19.7 Å². The van der Waals surface area contributed by atoms with E-state index < -0.39 is 48.2 Å². The van der Waals surface area contributed by atoms with Crippen LogP contribution < -0.4 is 31.8 Å². The summed E-state index contributed by atoms with van der Waals surface area (Å²) in [6.45, 7) is 7.53. The van der Waals surface area contributed by atoms with Crippen LogP contribution in [0.3, 0.4) is 0 Å². The molecule has 3 aromatic rings. The highest BCUT2D eigenvalue weighted by Crippen LogP contribution is 2.57. The number of nitrogens with one attached hydrogen (secondary N) is 3. The number of nitrogens with two attached hydrogens (primary N) is 1. The standard InChI is InChI=1S/C44H52N4O9/c1-5-23(3)43(54)56-34-19-31-39(53)37-33(52)18-28(21-49)55-41(37)38-36(32(22-50)25-8-7-9-27(51)17-25)29-14-15-47-42(45)30(29)12-11-26(44(34,4)57-40(31)38)16-24-10-13-35(46-6-2)48-20-24/h5,7-10,13-14,17-18,20,26,32,34-36,46-51,53H,6,11-12,15-16,19,21-22,45H2,1-4H3/b23-5-/t26-,32+,34+,35?,36+,44-/m0/s1. The van der Waals surface area contributed by atoms with Crippen molar-refractivity contribution in [2.45, 2.75) is 89.7 Å². The summed E-state index contributed by atoms with van der Waals surface area (Å²) in [5.41, 5.74) is 9.14. The van der Waals surface area contributed by atoms with E-state index in [2.05, 4.69) is 28.1 Å². The molecule has 0 spiro atoms. The molecule has 0 radical (unpaired) electrons. The monoisotopic (exact) mass is 780 g/mol. The SMILES string of the molecule is C/C=C(/C)C(=O)O[C@@H]1Cc2c3c(c4oc(CO)cc(=O)c4c2O)[C@@H]([C@H](CO)c2cccc(O)c2)C2=CCNC(N)=C2CC[C@@H](CC2=CNC(NCC)C=C2)[C@]1(C)O3. The Morgan fingerprint density at radius 2 is 2.04 bits per heavy atom. The number of benzene rings is 2. The lowest BCUT2D eigenvalue weighted by atomic mass is 9.68. The molecule has 0 saturated heterocycles. The van der Waals surface area contributed by atoms with Crippen LogP contribution in [0, 0.1) is 5.92 Å². The molecule has 4 aliphatic heterocycles. The summed E-state index contributed by atoms with van der Waals surface area (Å²) in [7, 11) is 0. The van der Waals surface area contributed by atoms with Crippen molar-refractivity contribution in [2.24, 2.45) is 11.7 Å². The van der Waals surface area contributed by atoms with Gasteiger partial charge in [-0.1, -0.05) is 37.3 Å². The van der Waals surface area contributed by atoms with Crippen LogP contribution in [0.1, 0.15) is 81.2 Å². The second-order valence-electron chi connectivity index (χ2n) is 15.4. The zero-order valence-electron chi connectivity index (χ0n) is 32.7. The van der Waals surface area contributed by atoms with Crippen LogP contribution in [0.4, 0.5) is 0 Å². The Kier molecular flexibility index (Phi) is 11.3. The predicted molar refractivity (Wildman–Crippen MR) is 215 cm³/mol. The minimum absolute atomic E-state index is 0.00261. The second kappa shape index (κ2) is 16.2. The van der Waals surface area contributed by atoms with E-state index in [0.717, 1.165) is 29.3 Å². The third-order valence-corrected chi connectivity index (χ3v) is 12.0. The van der Waals surface area contributed by atoms with Gasteiger partial charge >= 0.3 is 5.97 Å². The Bertz CT molecular complexity index is 2290. The van der Waals surface area contributed by atoms with Crippen LogP contribution in [0.15, 0.2) is 98.2 Å². The molecule has 302 valence electrons. The van der Waals surface area contributed by atoms with Gasteiger partial charge in [0, 0.05) is 59.7 Å². The van der Waals surface area contributed by atoms with Gasteiger partial charge in [0.15, 0.2) is 5.43 Å². The third kappa shape index (κ3) is 7.31. The lowest BCUT2D eigenvalue weighted by Crippen LogP contribution is -2.56. The number of carbonyl (C=O) groups is 1. The first-order chi connectivity index (χ1) is 27.4. The van der Waals surface area contributed by atoms with Crippen molar-refractivity contribution in [3.05, 3.63) is 122 Å². The number of carbonyl (C=O) groups excluding carboxylic acids is 1. The number of aliphatic hydroxyl groups is 2. The van der Waals surface area contributed by atoms with Gasteiger partial charge in [0.25, 0.3) is 0 Å². The fraction of sp³-hybridized carbons (Fsp3) is 0.409. The Balaban J connectivity index is 1.55. The van der Waals surface area contributed by atoms with E-state index in [4.69, 9.17) is 19.6 Å². The average Bonchev–Trinajstić information content (AvgIpc) is 3.20. The maximum atomic E-state index is 14.0. The van der Waals surface area contributed by atoms with Gasteiger partial charge in [-0.3, -0.25) is 10.1 Å². The van der Waals surface area contributed by atoms with Crippen LogP contribution in [0.5, 0.6) is 17.2 Å². The summed E-state index contributed by atoms with van der Waals surface area (Å²) in [6.07, 6.45) is 10.3. The highest BCUT2D eigenvalue weighted by molar-refractivity contribution is 5.92. The summed E-state index contributed by atoms with van der Waals surface area (Å²) in [5, 5.41) is 54.4. The number of likely N-dealkylation sites (N-methyl/N-ethyl adjacent to an activating group) is 1. The Hall–Kier alpha value is -5.50. The van der Waals surface area contributed by atoms with Gasteiger partial charge in [-0.25, -0.2) is 4.79 Å². The van der Waals surface area contributed by atoms with Gasteiger partial charge in [-0.2, -0.15) is 0 Å². The molecule has 57 heavy (non-hydrogen) atoms. The number of hydrogen-bond donors (Lipinski definition) is 8. The number of ether oxygens (including phenoxy) is 2. The minimum atomic E-state index is -1.24. The topological polar surface area (TPSA) is 209 Å². The highest BCUT2D eigenvalue weighted by atomic mass is 16.6. The number of aromatic hydroxyl groups is 2. The molecule has 1 aromatic heterocycles. The molecule has 4 aliphatic rings. The molecular formula is C44H52N4O9. The molecule has 0 amide bonds. The maximum absolute atomic E-state index is 14.0. The van der Waals surface area contributed by atoms with Crippen molar-refractivity contribution in [1.82, 2.24) is 16.0 Å². The molecule has 2 aromatic carbocycles. The predicted octanol–water partition coefficient (Wildman–Crippen LogP) is 4.61. The maximum Gasteiger partial charge on any atom is 0.333 e. The molecule has 0 saturated carbocycles. The number of phenolic OH excluding ortho intramolecular Hbond substituents is 2. The number of allylic oxidation sites excluding steroid dienone is 5. The largest absolute Gasteiger partial charge is 0.508 e. The van der Waals surface area contributed by atoms with Crippen LogP contribution >= 0.6 is 0 Å². The zero-order chi connectivity index (χ0) is 40.6. The van der Waals surface area contributed by atoms with Crippen LogP contribution in [0.25, 0.3) is 11.0 Å². The number of rotatable bonds is 10. The van der Waals surface area contributed by atoms with Gasteiger partial charge in [0.1, 0.15) is 52.3 Å². The quantitative estimate of drug-likeness (QED) is 0.105. The summed E-state index contributed by atoms with van der Waals surface area (Å²) in [6, 6.07) is 7.76. The Morgan fingerprint density at radius 1 is 1.23 bits per heavy atom. The number of aliphatic hydroxyl groups excluding tert-OH is 2. The van der Waals surface area contributed by atoms with Crippen molar-refractivity contribution in [3.8, 4) is 17.2 Å². The van der Waals surface area contributed by atoms with Crippen LogP contribution in [-0.4, -0.2) is 64.0 Å². The van der Waals surface area contributed by atoms with E-state index in [1.807, 2.05) is 26.1 Å². The number of esters is 1. The lowest BCUT2D eigenvalue weighted by Gasteiger charge is -2.49. The first-order valence-electron chi connectivity index (χ1n) is 19.6. The summed E-state index contributed by atoms with van der Waals surface area (Å²) in [4.78, 5) is 27.6. The molecule has 7 rings (SSSR count). The average molecular weight is 781 g/mol. The van der Waals surface area contributed by atoms with Gasteiger partial charge in [-0.05, 0) is 87.1 Å². The smallest absolute Gasteiger partial charge is 0.333 e. The molecule has 0 aliphatic carbocycles. The van der Waals surface area contributed by atoms with Crippen molar-refractivity contribution in [3.63, 3.8) is 0 Å². The van der Waals surface area contributed by atoms with E-state index in [9.17, 15) is 30.0 Å². The molecule has 5 heterocycles. The Morgan fingerprint density at radius 3 is 2.72 bits per heavy atom. The highest BCUT2D eigenvalue weighted by Gasteiger charge is 2.53. The van der Waals surface area contributed by atoms with Gasteiger partial charge < -0.3 is 50.7 Å². The minimum Gasteiger partial charge on any atom is -0.508 e. The number of hydrogen-bond acceptors (Lipinski definition) is 13. The number of fused-ring (bicyclic) bond motifs is 4. The van der Waals surface area contributed by atoms with E-state index >= 15 is 0 Å². The molecule has 6 atom stereocenters. The van der Waals surface area contributed by atoms with E-state index in [0.29, 0.717) is 48.3 Å².